The standard InChI is InChI=1S/C20H46O4Si2/c1-11-19(21-15(3)4,22-16(5)6)25-13-14-26-20(12-2,23-17(7)8)24-18(9)10/h15-18H,11-14,25-26H2,1-10H3. The van der Waals surface area contributed by atoms with Crippen LogP contribution in [0, 0.1) is 0 Å². The molecule has 0 aliphatic rings. The lowest BCUT2D eigenvalue weighted by molar-refractivity contribution is -0.219. The molecule has 0 aromatic carbocycles. The van der Waals surface area contributed by atoms with Crippen LogP contribution in [0.3, 0.4) is 0 Å². The van der Waals surface area contributed by atoms with Crippen LogP contribution in [0.15, 0.2) is 0 Å². The largest absolute Gasteiger partial charge is 0.352 e. The summed E-state index contributed by atoms with van der Waals surface area (Å²) < 4.78 is 25.1. The van der Waals surface area contributed by atoms with Crippen molar-refractivity contribution in [2.45, 2.75) is 129 Å². The molecule has 0 fully saturated rings. The predicted molar refractivity (Wildman–Crippen MR) is 118 cm³/mol. The Kier molecular flexibility index (Phi) is 12.8. The lowest BCUT2D eigenvalue weighted by Crippen LogP contribution is -2.47. The molecule has 0 saturated carbocycles. The molecule has 0 radical (unpaired) electrons. The Morgan fingerprint density at radius 1 is 0.538 bits per heavy atom. The van der Waals surface area contributed by atoms with E-state index < -0.39 is 19.0 Å². The van der Waals surface area contributed by atoms with Crippen molar-refractivity contribution in [2.24, 2.45) is 0 Å². The number of rotatable bonds is 15. The molecule has 0 bridgehead atoms. The maximum absolute atomic E-state index is 6.28. The molecule has 6 heteroatoms. The average Bonchev–Trinajstić information content (AvgIpc) is 2.48. The highest BCUT2D eigenvalue weighted by Crippen LogP contribution is 2.26. The molecule has 0 aliphatic heterocycles. The number of hydrogen-bond donors (Lipinski definition) is 0. The van der Waals surface area contributed by atoms with E-state index in [9.17, 15) is 0 Å². The van der Waals surface area contributed by atoms with E-state index in [2.05, 4.69) is 69.2 Å². The Hall–Kier alpha value is 0.274. The van der Waals surface area contributed by atoms with Crippen LogP contribution in [-0.4, -0.2) is 54.3 Å². The van der Waals surface area contributed by atoms with Gasteiger partial charge in [-0.05, 0) is 68.2 Å². The van der Waals surface area contributed by atoms with Crippen molar-refractivity contribution >= 4 is 19.0 Å². The van der Waals surface area contributed by atoms with E-state index >= 15 is 0 Å². The molecule has 0 aromatic rings. The fraction of sp³-hybridized carbons (Fsp3) is 1.00. The number of hydrogen-bond acceptors (Lipinski definition) is 4. The minimum atomic E-state index is -0.519. The van der Waals surface area contributed by atoms with Gasteiger partial charge in [-0.25, -0.2) is 0 Å². The molecule has 0 spiro atoms. The summed E-state index contributed by atoms with van der Waals surface area (Å²) in [6, 6.07) is 2.45. The van der Waals surface area contributed by atoms with Crippen molar-refractivity contribution in [3.63, 3.8) is 0 Å². The van der Waals surface area contributed by atoms with Gasteiger partial charge in [-0.2, -0.15) is 0 Å². The van der Waals surface area contributed by atoms with E-state index in [0.717, 1.165) is 12.8 Å². The lowest BCUT2D eigenvalue weighted by atomic mass is 10.4. The van der Waals surface area contributed by atoms with Gasteiger partial charge in [0.05, 0.1) is 43.5 Å². The van der Waals surface area contributed by atoms with E-state index in [1.54, 1.807) is 0 Å². The maximum atomic E-state index is 6.28. The highest BCUT2D eigenvalue weighted by atomic mass is 28.2. The Morgan fingerprint density at radius 3 is 0.923 bits per heavy atom. The van der Waals surface area contributed by atoms with Gasteiger partial charge in [-0.3, -0.25) is 0 Å². The molecule has 0 N–H and O–H groups in total. The summed E-state index contributed by atoms with van der Waals surface area (Å²) in [5, 5.41) is 0. The topological polar surface area (TPSA) is 36.9 Å². The van der Waals surface area contributed by atoms with Gasteiger partial charge in [-0.15, -0.1) is 0 Å². The van der Waals surface area contributed by atoms with Gasteiger partial charge in [0.25, 0.3) is 0 Å². The second-order valence-corrected chi connectivity index (χ2v) is 13.0. The maximum Gasteiger partial charge on any atom is 0.145 e. The van der Waals surface area contributed by atoms with Crippen LogP contribution < -0.4 is 0 Å². The summed E-state index contributed by atoms with van der Waals surface area (Å²) in [6.07, 6.45) is 2.65. The molecule has 26 heavy (non-hydrogen) atoms. The van der Waals surface area contributed by atoms with Gasteiger partial charge in [0.15, 0.2) is 0 Å². The van der Waals surface area contributed by atoms with Crippen LogP contribution >= 0.6 is 0 Å². The Morgan fingerprint density at radius 2 is 0.769 bits per heavy atom. The van der Waals surface area contributed by atoms with Crippen LogP contribution in [0.2, 0.25) is 12.1 Å². The van der Waals surface area contributed by atoms with Crippen molar-refractivity contribution in [3.05, 3.63) is 0 Å². The molecule has 0 amide bonds. The first-order valence-electron chi connectivity index (χ1n) is 10.7. The monoisotopic (exact) mass is 406 g/mol. The van der Waals surface area contributed by atoms with Gasteiger partial charge in [0.1, 0.15) is 10.8 Å². The van der Waals surface area contributed by atoms with Crippen molar-refractivity contribution in [1.29, 1.82) is 0 Å². The normalized spacial score (nSPS) is 14.5. The fourth-order valence-corrected chi connectivity index (χ4v) is 9.07. The second-order valence-electron chi connectivity index (χ2n) is 8.40. The van der Waals surface area contributed by atoms with E-state index in [-0.39, 0.29) is 35.2 Å². The molecule has 0 aromatic heterocycles. The average molecular weight is 407 g/mol. The summed E-state index contributed by atoms with van der Waals surface area (Å²) in [7, 11) is -1.04. The Bertz CT molecular complexity index is 306. The van der Waals surface area contributed by atoms with Crippen LogP contribution in [0.4, 0.5) is 0 Å². The van der Waals surface area contributed by atoms with Gasteiger partial charge in [0, 0.05) is 0 Å². The molecule has 0 rings (SSSR count). The molecule has 158 valence electrons. The molecule has 0 saturated heterocycles. The minimum Gasteiger partial charge on any atom is -0.352 e. The predicted octanol–water partition coefficient (Wildman–Crippen LogP) is 3.99. The van der Waals surface area contributed by atoms with Gasteiger partial charge in [-0.1, -0.05) is 25.9 Å². The van der Waals surface area contributed by atoms with E-state index in [1.807, 2.05) is 0 Å². The molecule has 0 unspecified atom stereocenters. The zero-order valence-electron chi connectivity index (χ0n) is 19.2. The molecule has 0 heterocycles. The van der Waals surface area contributed by atoms with E-state index in [4.69, 9.17) is 18.9 Å². The highest BCUT2D eigenvalue weighted by molar-refractivity contribution is 6.45. The molecular formula is C20H46O4Si2. The van der Waals surface area contributed by atoms with Crippen LogP contribution in [-0.2, 0) is 18.9 Å². The summed E-state index contributed by atoms with van der Waals surface area (Å²) in [6.45, 7) is 21.2. The Balaban J connectivity index is 4.88. The zero-order valence-corrected chi connectivity index (χ0v) is 22.0. The quantitative estimate of drug-likeness (QED) is 0.234. The first-order valence-corrected chi connectivity index (χ1v) is 14.1. The highest BCUT2D eigenvalue weighted by Gasteiger charge is 2.35. The molecule has 4 nitrogen and oxygen atoms in total. The molecular weight excluding hydrogens is 360 g/mol. The zero-order chi connectivity index (χ0) is 20.4. The third-order valence-electron chi connectivity index (χ3n) is 4.24. The van der Waals surface area contributed by atoms with E-state index in [1.165, 1.54) is 12.1 Å². The third kappa shape index (κ3) is 10.6. The minimum absolute atomic E-state index is 0.196. The SMILES string of the molecule is CCC(OC(C)C)(OC(C)C)[SiH2]CC[SiH2]C(CC)(OC(C)C)OC(C)C. The van der Waals surface area contributed by atoms with Crippen LogP contribution in [0.5, 0.6) is 0 Å². The Labute approximate surface area is 167 Å². The van der Waals surface area contributed by atoms with Crippen molar-refractivity contribution in [3.8, 4) is 0 Å². The van der Waals surface area contributed by atoms with Gasteiger partial charge < -0.3 is 18.9 Å². The van der Waals surface area contributed by atoms with Crippen molar-refractivity contribution in [2.75, 3.05) is 0 Å². The second kappa shape index (κ2) is 12.7. The smallest absolute Gasteiger partial charge is 0.145 e. The first kappa shape index (κ1) is 26.3. The van der Waals surface area contributed by atoms with Crippen molar-refractivity contribution < 1.29 is 18.9 Å². The molecule has 0 aliphatic carbocycles. The number of ether oxygens (including phenoxy) is 4. The fourth-order valence-electron chi connectivity index (χ4n) is 3.49. The summed E-state index contributed by atoms with van der Waals surface area (Å²) in [5.41, 5.74) is -0.660. The lowest BCUT2D eigenvalue weighted by Gasteiger charge is -2.38. The first-order chi connectivity index (χ1) is 12.0. The summed E-state index contributed by atoms with van der Waals surface area (Å²) in [4.78, 5) is 0. The molecule has 0 atom stereocenters. The van der Waals surface area contributed by atoms with E-state index in [0.29, 0.717) is 0 Å². The van der Waals surface area contributed by atoms with Crippen LogP contribution in [0.25, 0.3) is 0 Å². The van der Waals surface area contributed by atoms with Gasteiger partial charge >= 0.3 is 0 Å². The summed E-state index contributed by atoms with van der Waals surface area (Å²) >= 11 is 0. The third-order valence-corrected chi connectivity index (χ3v) is 10.1. The van der Waals surface area contributed by atoms with Gasteiger partial charge in [0.2, 0.25) is 0 Å². The van der Waals surface area contributed by atoms with Crippen molar-refractivity contribution in [1.82, 2.24) is 0 Å². The van der Waals surface area contributed by atoms with Crippen LogP contribution in [0.1, 0.15) is 82.1 Å². The summed E-state index contributed by atoms with van der Waals surface area (Å²) in [5.74, 6) is 0.